The van der Waals surface area contributed by atoms with Crippen LogP contribution in [0.25, 0.3) is 11.1 Å². The van der Waals surface area contributed by atoms with Crippen LogP contribution >= 0.6 is 0 Å². The van der Waals surface area contributed by atoms with E-state index in [2.05, 4.69) is 20.7 Å². The Balaban J connectivity index is 1.62. The predicted molar refractivity (Wildman–Crippen MR) is 133 cm³/mol. The number of pyridine rings is 1. The standard InChI is InChI=1S/C26H28N6O2/c1-21(33)30-18-24(34-26-12-6-5-11-25(26)22-8-3-2-4-9-22)10-7-15-29-20-32(31-19-27)23-13-16-28-17-14-23/h2-6,8-9,11-14,16-17,20,24,31H,7,10,15,18H2,1H3,(H,30,33). The Kier molecular flexibility index (Phi) is 9.44. The van der Waals surface area contributed by atoms with E-state index in [1.165, 1.54) is 11.9 Å². The number of anilines is 1. The van der Waals surface area contributed by atoms with Crippen molar-refractivity contribution in [3.05, 3.63) is 79.1 Å². The van der Waals surface area contributed by atoms with E-state index in [-0.39, 0.29) is 12.0 Å². The lowest BCUT2D eigenvalue weighted by Crippen LogP contribution is -2.34. The van der Waals surface area contributed by atoms with Gasteiger partial charge in [0.1, 0.15) is 18.2 Å². The van der Waals surface area contributed by atoms with Crippen molar-refractivity contribution in [2.24, 2.45) is 4.99 Å². The molecule has 0 fully saturated rings. The Bertz CT molecular complexity index is 1100. The van der Waals surface area contributed by atoms with Gasteiger partial charge in [-0.3, -0.25) is 14.8 Å². The molecule has 34 heavy (non-hydrogen) atoms. The zero-order chi connectivity index (χ0) is 24.0. The molecule has 0 aliphatic heterocycles. The van der Waals surface area contributed by atoms with Gasteiger partial charge in [0.25, 0.3) is 0 Å². The molecule has 8 heteroatoms. The molecule has 2 N–H and O–H groups in total. The Morgan fingerprint density at radius 3 is 2.62 bits per heavy atom. The fraction of sp³-hybridized carbons (Fsp3) is 0.231. The molecule has 0 aliphatic rings. The first kappa shape index (κ1) is 24.3. The lowest BCUT2D eigenvalue weighted by atomic mass is 10.0. The predicted octanol–water partition coefficient (Wildman–Crippen LogP) is 3.93. The summed E-state index contributed by atoms with van der Waals surface area (Å²) < 4.78 is 6.35. The number of aromatic nitrogens is 1. The largest absolute Gasteiger partial charge is 0.488 e. The molecule has 3 aromatic rings. The molecular weight excluding hydrogens is 428 g/mol. The normalized spacial score (nSPS) is 11.4. The van der Waals surface area contributed by atoms with Crippen molar-refractivity contribution >= 4 is 17.9 Å². The summed E-state index contributed by atoms with van der Waals surface area (Å²) in [6.45, 7) is 2.44. The number of carbonyl (C=O) groups is 1. The fourth-order valence-corrected chi connectivity index (χ4v) is 3.33. The number of hydrogen-bond donors (Lipinski definition) is 2. The van der Waals surface area contributed by atoms with Crippen LogP contribution in [0.1, 0.15) is 19.8 Å². The molecule has 0 aliphatic carbocycles. The van der Waals surface area contributed by atoms with Gasteiger partial charge in [-0.25, -0.2) is 10.4 Å². The molecule has 0 saturated carbocycles. The molecular formula is C26H28N6O2. The van der Waals surface area contributed by atoms with Crippen LogP contribution in [0.3, 0.4) is 0 Å². The number of hydrazine groups is 1. The van der Waals surface area contributed by atoms with E-state index in [1.54, 1.807) is 30.9 Å². The molecule has 2 aromatic carbocycles. The molecule has 3 rings (SSSR count). The van der Waals surface area contributed by atoms with Crippen LogP contribution in [0, 0.1) is 11.5 Å². The molecule has 1 unspecified atom stereocenters. The fourth-order valence-electron chi connectivity index (χ4n) is 3.33. The van der Waals surface area contributed by atoms with Crippen LogP contribution in [-0.2, 0) is 4.79 Å². The SMILES string of the molecule is CC(=O)NCC(CCCN=CN(NC#N)c1ccncc1)Oc1ccccc1-c1ccccc1. The summed E-state index contributed by atoms with van der Waals surface area (Å²) in [6.07, 6.45) is 8.00. The number of nitrogens with one attached hydrogen (secondary N) is 2. The molecule has 0 bridgehead atoms. The van der Waals surface area contributed by atoms with E-state index >= 15 is 0 Å². The second-order valence-corrected chi connectivity index (χ2v) is 7.50. The highest BCUT2D eigenvalue weighted by Crippen LogP contribution is 2.30. The first-order valence-electron chi connectivity index (χ1n) is 11.1. The van der Waals surface area contributed by atoms with Gasteiger partial charge in [-0.2, -0.15) is 5.26 Å². The number of nitrogens with zero attached hydrogens (tertiary/aromatic N) is 4. The molecule has 174 valence electrons. The van der Waals surface area contributed by atoms with E-state index in [9.17, 15) is 4.79 Å². The highest BCUT2D eigenvalue weighted by atomic mass is 16.5. The number of ether oxygens (including phenoxy) is 1. The summed E-state index contributed by atoms with van der Waals surface area (Å²) >= 11 is 0. The molecule has 8 nitrogen and oxygen atoms in total. The van der Waals surface area contributed by atoms with E-state index in [4.69, 9.17) is 10.00 Å². The van der Waals surface area contributed by atoms with Crippen LogP contribution in [0.5, 0.6) is 5.75 Å². The average molecular weight is 457 g/mol. The zero-order valence-electron chi connectivity index (χ0n) is 19.1. The highest BCUT2D eigenvalue weighted by molar-refractivity contribution is 5.77. The molecule has 1 amide bonds. The molecule has 1 atom stereocenters. The van der Waals surface area contributed by atoms with Gasteiger partial charge in [0.2, 0.25) is 5.91 Å². The number of rotatable bonds is 12. The number of nitriles is 1. The van der Waals surface area contributed by atoms with Crippen molar-refractivity contribution in [2.45, 2.75) is 25.9 Å². The molecule has 1 heterocycles. The number of benzene rings is 2. The minimum absolute atomic E-state index is 0.0986. The first-order valence-corrected chi connectivity index (χ1v) is 11.1. The number of aliphatic imine (C=N–C) groups is 1. The number of carbonyl (C=O) groups excluding carboxylic acids is 1. The number of para-hydroxylation sites is 1. The second kappa shape index (κ2) is 13.2. The Morgan fingerprint density at radius 2 is 1.88 bits per heavy atom. The molecule has 0 saturated heterocycles. The van der Waals surface area contributed by atoms with Crippen molar-refractivity contribution in [1.82, 2.24) is 15.7 Å². The second-order valence-electron chi connectivity index (χ2n) is 7.50. The lowest BCUT2D eigenvalue weighted by molar-refractivity contribution is -0.119. The Morgan fingerprint density at radius 1 is 1.15 bits per heavy atom. The van der Waals surface area contributed by atoms with Crippen LogP contribution in [-0.4, -0.2) is 36.4 Å². The Hall–Kier alpha value is -4.38. The number of amides is 1. The number of hydrogen-bond acceptors (Lipinski definition) is 6. The quantitative estimate of drug-likeness (QED) is 0.107. The summed E-state index contributed by atoms with van der Waals surface area (Å²) in [5.41, 5.74) is 5.41. The van der Waals surface area contributed by atoms with E-state index in [0.29, 0.717) is 19.5 Å². The first-order chi connectivity index (χ1) is 16.7. The summed E-state index contributed by atoms with van der Waals surface area (Å²) in [7, 11) is 0. The van der Waals surface area contributed by atoms with Gasteiger partial charge in [0.15, 0.2) is 6.19 Å². The van der Waals surface area contributed by atoms with E-state index in [1.807, 2.05) is 60.8 Å². The van der Waals surface area contributed by atoms with Crippen molar-refractivity contribution < 1.29 is 9.53 Å². The van der Waals surface area contributed by atoms with Crippen molar-refractivity contribution in [3.63, 3.8) is 0 Å². The van der Waals surface area contributed by atoms with Crippen molar-refractivity contribution in [2.75, 3.05) is 18.1 Å². The van der Waals surface area contributed by atoms with Gasteiger partial charge < -0.3 is 10.1 Å². The van der Waals surface area contributed by atoms with Crippen LogP contribution < -0.4 is 20.5 Å². The van der Waals surface area contributed by atoms with Gasteiger partial charge in [-0.1, -0.05) is 48.5 Å². The Labute approximate surface area is 199 Å². The minimum atomic E-state index is -0.211. The van der Waals surface area contributed by atoms with E-state index < -0.39 is 0 Å². The lowest BCUT2D eigenvalue weighted by Gasteiger charge is -2.21. The van der Waals surface area contributed by atoms with Crippen LogP contribution in [0.4, 0.5) is 5.69 Å². The summed E-state index contributed by atoms with van der Waals surface area (Å²) in [4.78, 5) is 19.9. The van der Waals surface area contributed by atoms with Crippen LogP contribution in [0.2, 0.25) is 0 Å². The summed E-state index contributed by atoms with van der Waals surface area (Å²) in [6, 6.07) is 21.5. The van der Waals surface area contributed by atoms with Gasteiger partial charge in [-0.15, -0.1) is 0 Å². The average Bonchev–Trinajstić information content (AvgIpc) is 2.87. The third-order valence-corrected chi connectivity index (χ3v) is 4.97. The minimum Gasteiger partial charge on any atom is -0.488 e. The van der Waals surface area contributed by atoms with Crippen LogP contribution in [0.15, 0.2) is 84.1 Å². The van der Waals surface area contributed by atoms with Crippen molar-refractivity contribution in [3.8, 4) is 23.1 Å². The summed E-state index contributed by atoms with van der Waals surface area (Å²) in [5, 5.41) is 13.4. The van der Waals surface area contributed by atoms with Gasteiger partial charge >= 0.3 is 0 Å². The van der Waals surface area contributed by atoms with Gasteiger partial charge in [-0.05, 0) is 36.6 Å². The van der Waals surface area contributed by atoms with E-state index in [0.717, 1.165) is 29.0 Å². The highest BCUT2D eigenvalue weighted by Gasteiger charge is 2.14. The molecule has 1 aromatic heterocycles. The van der Waals surface area contributed by atoms with Crippen molar-refractivity contribution in [1.29, 1.82) is 5.26 Å². The third kappa shape index (κ3) is 7.64. The topological polar surface area (TPSA) is 103 Å². The maximum Gasteiger partial charge on any atom is 0.217 e. The monoisotopic (exact) mass is 456 g/mol. The van der Waals surface area contributed by atoms with Gasteiger partial charge in [0.05, 0.1) is 12.2 Å². The maximum absolute atomic E-state index is 11.5. The smallest absolute Gasteiger partial charge is 0.217 e. The maximum atomic E-state index is 11.5. The molecule has 0 spiro atoms. The zero-order valence-corrected chi connectivity index (χ0v) is 19.1. The summed E-state index contributed by atoms with van der Waals surface area (Å²) in [5.74, 6) is 0.674. The van der Waals surface area contributed by atoms with Gasteiger partial charge in [0, 0.05) is 31.4 Å². The molecule has 0 radical (unpaired) electrons. The third-order valence-electron chi connectivity index (χ3n) is 4.97.